The molecule has 1 saturated heterocycles. The van der Waals surface area contributed by atoms with Crippen LogP contribution in [-0.4, -0.2) is 65.1 Å². The summed E-state index contributed by atoms with van der Waals surface area (Å²) in [5.41, 5.74) is 3.83. The molecule has 0 radical (unpaired) electrons. The Labute approximate surface area is 177 Å². The number of anilines is 1. The highest BCUT2D eigenvalue weighted by atomic mass is 16.5. The highest BCUT2D eigenvalue weighted by molar-refractivity contribution is 5.94. The molecule has 3 aromatic rings. The van der Waals surface area contributed by atoms with Crippen LogP contribution in [0.5, 0.6) is 5.75 Å². The predicted octanol–water partition coefficient (Wildman–Crippen LogP) is 2.65. The molecule has 2 aromatic carbocycles. The monoisotopic (exact) mass is 407 g/mol. The Morgan fingerprint density at radius 3 is 2.53 bits per heavy atom. The summed E-state index contributed by atoms with van der Waals surface area (Å²) in [6.45, 7) is 7.11. The van der Waals surface area contributed by atoms with Crippen LogP contribution in [-0.2, 0) is 18.4 Å². The number of amides is 1. The van der Waals surface area contributed by atoms with Crippen LogP contribution in [0.3, 0.4) is 0 Å². The van der Waals surface area contributed by atoms with Crippen LogP contribution >= 0.6 is 0 Å². The number of aromatic nitrogens is 2. The van der Waals surface area contributed by atoms with Crippen molar-refractivity contribution in [2.24, 2.45) is 7.05 Å². The van der Waals surface area contributed by atoms with E-state index in [1.165, 1.54) is 0 Å². The summed E-state index contributed by atoms with van der Waals surface area (Å²) in [5, 5.41) is 2.90. The maximum absolute atomic E-state index is 12.3. The van der Waals surface area contributed by atoms with Gasteiger partial charge in [0.25, 0.3) is 5.91 Å². The Morgan fingerprint density at radius 2 is 1.80 bits per heavy atom. The van der Waals surface area contributed by atoms with Crippen LogP contribution in [0.2, 0.25) is 0 Å². The summed E-state index contributed by atoms with van der Waals surface area (Å²) in [5.74, 6) is 1.54. The Balaban J connectivity index is 1.39. The van der Waals surface area contributed by atoms with Crippen molar-refractivity contribution in [3.63, 3.8) is 0 Å². The van der Waals surface area contributed by atoms with Crippen molar-refractivity contribution in [1.82, 2.24) is 19.4 Å². The molecule has 0 saturated carbocycles. The number of rotatable bonds is 6. The number of benzene rings is 2. The maximum Gasteiger partial charge on any atom is 0.262 e. The number of carbonyl (C=O) groups excluding carboxylic acids is 1. The van der Waals surface area contributed by atoms with E-state index in [1.807, 2.05) is 49.4 Å². The van der Waals surface area contributed by atoms with Gasteiger partial charge in [-0.15, -0.1) is 0 Å². The lowest BCUT2D eigenvalue weighted by atomic mass is 10.2. The minimum atomic E-state index is -0.191. The molecule has 0 atom stereocenters. The third-order valence-corrected chi connectivity index (χ3v) is 5.61. The van der Waals surface area contributed by atoms with E-state index >= 15 is 0 Å². The fraction of sp³-hybridized carbons (Fsp3) is 0.391. The first kappa shape index (κ1) is 20.4. The summed E-state index contributed by atoms with van der Waals surface area (Å²) >= 11 is 0. The lowest BCUT2D eigenvalue weighted by Crippen LogP contribution is -2.44. The molecule has 158 valence electrons. The Bertz CT molecular complexity index is 1020. The molecule has 1 fully saturated rings. The number of aryl methyl sites for hydroxylation is 2. The van der Waals surface area contributed by atoms with Crippen molar-refractivity contribution < 1.29 is 9.53 Å². The van der Waals surface area contributed by atoms with E-state index in [-0.39, 0.29) is 12.5 Å². The van der Waals surface area contributed by atoms with E-state index in [4.69, 9.17) is 9.72 Å². The summed E-state index contributed by atoms with van der Waals surface area (Å²) in [4.78, 5) is 21.9. The Kier molecular flexibility index (Phi) is 6.01. The zero-order valence-corrected chi connectivity index (χ0v) is 17.9. The maximum atomic E-state index is 12.3. The van der Waals surface area contributed by atoms with Gasteiger partial charge < -0.3 is 19.5 Å². The van der Waals surface area contributed by atoms with Gasteiger partial charge in [-0.25, -0.2) is 4.98 Å². The van der Waals surface area contributed by atoms with Crippen LogP contribution in [0, 0.1) is 6.92 Å². The van der Waals surface area contributed by atoms with Gasteiger partial charge in [-0.3, -0.25) is 9.69 Å². The second-order valence-corrected chi connectivity index (χ2v) is 8.02. The van der Waals surface area contributed by atoms with E-state index < -0.39 is 0 Å². The molecule has 1 aliphatic heterocycles. The first-order valence-corrected chi connectivity index (χ1v) is 10.3. The summed E-state index contributed by atoms with van der Waals surface area (Å²) < 4.78 is 7.70. The van der Waals surface area contributed by atoms with Crippen LogP contribution in [0.4, 0.5) is 5.69 Å². The van der Waals surface area contributed by atoms with Gasteiger partial charge in [0, 0.05) is 38.9 Å². The smallest absolute Gasteiger partial charge is 0.262 e. The van der Waals surface area contributed by atoms with Gasteiger partial charge >= 0.3 is 0 Å². The average molecular weight is 408 g/mol. The number of fused-ring (bicyclic) bond motifs is 1. The highest BCUT2D eigenvalue weighted by Gasteiger charge is 2.17. The fourth-order valence-electron chi connectivity index (χ4n) is 3.66. The Hall–Kier alpha value is -2.90. The van der Waals surface area contributed by atoms with E-state index in [0.717, 1.165) is 60.8 Å². The van der Waals surface area contributed by atoms with Gasteiger partial charge in [0.1, 0.15) is 11.6 Å². The molecule has 0 spiro atoms. The number of carbonyl (C=O) groups is 1. The summed E-state index contributed by atoms with van der Waals surface area (Å²) in [6.07, 6.45) is 0. The number of hydrogen-bond acceptors (Lipinski definition) is 5. The van der Waals surface area contributed by atoms with Crippen LogP contribution in [0.15, 0.2) is 42.5 Å². The molecular weight excluding hydrogens is 378 g/mol. The van der Waals surface area contributed by atoms with Gasteiger partial charge in [0.2, 0.25) is 0 Å². The molecule has 0 aliphatic carbocycles. The molecule has 7 nitrogen and oxygen atoms in total. The molecular formula is C23H29N5O2. The van der Waals surface area contributed by atoms with Crippen molar-refractivity contribution >= 4 is 22.6 Å². The zero-order valence-electron chi connectivity index (χ0n) is 17.9. The number of likely N-dealkylation sites (N-methyl/N-ethyl adjacent to an activating group) is 1. The lowest BCUT2D eigenvalue weighted by Gasteiger charge is -2.31. The molecule has 7 heteroatoms. The van der Waals surface area contributed by atoms with Crippen molar-refractivity contribution in [3.05, 3.63) is 53.9 Å². The minimum Gasteiger partial charge on any atom is -0.484 e. The van der Waals surface area contributed by atoms with Crippen molar-refractivity contribution in [1.29, 1.82) is 0 Å². The van der Waals surface area contributed by atoms with E-state index in [0.29, 0.717) is 5.75 Å². The topological polar surface area (TPSA) is 62.6 Å². The number of nitrogens with one attached hydrogen (secondary N) is 1. The second kappa shape index (κ2) is 8.85. The molecule has 1 amide bonds. The molecule has 1 aromatic heterocycles. The van der Waals surface area contributed by atoms with Crippen molar-refractivity contribution in [2.45, 2.75) is 13.5 Å². The molecule has 4 rings (SSSR count). The van der Waals surface area contributed by atoms with Crippen molar-refractivity contribution in [2.75, 3.05) is 45.2 Å². The van der Waals surface area contributed by atoms with Crippen LogP contribution in [0.25, 0.3) is 11.0 Å². The normalized spacial score (nSPS) is 15.4. The molecule has 0 bridgehead atoms. The molecule has 1 N–H and O–H groups in total. The SMILES string of the molecule is Cc1ccc(OCC(=O)Nc2ccc3c(c2)nc(CN2CCN(C)CC2)n3C)cc1. The first-order valence-electron chi connectivity index (χ1n) is 10.3. The molecule has 1 aliphatic rings. The molecule has 0 unspecified atom stereocenters. The lowest BCUT2D eigenvalue weighted by molar-refractivity contribution is -0.118. The van der Waals surface area contributed by atoms with Gasteiger partial charge in [-0.1, -0.05) is 17.7 Å². The van der Waals surface area contributed by atoms with Gasteiger partial charge in [-0.05, 0) is 44.3 Å². The average Bonchev–Trinajstić information content (AvgIpc) is 3.04. The zero-order chi connectivity index (χ0) is 21.1. The quantitative estimate of drug-likeness (QED) is 0.681. The fourth-order valence-corrected chi connectivity index (χ4v) is 3.66. The van der Waals surface area contributed by atoms with Gasteiger partial charge in [0.15, 0.2) is 6.61 Å². The summed E-state index contributed by atoms with van der Waals surface area (Å²) in [6, 6.07) is 13.5. The van der Waals surface area contributed by atoms with Gasteiger partial charge in [-0.2, -0.15) is 0 Å². The van der Waals surface area contributed by atoms with E-state index in [1.54, 1.807) is 0 Å². The first-order chi connectivity index (χ1) is 14.5. The van der Waals surface area contributed by atoms with Crippen LogP contribution in [0.1, 0.15) is 11.4 Å². The van der Waals surface area contributed by atoms with Gasteiger partial charge in [0.05, 0.1) is 17.6 Å². The number of piperazine rings is 1. The van der Waals surface area contributed by atoms with E-state index in [2.05, 4.69) is 33.8 Å². The second-order valence-electron chi connectivity index (χ2n) is 8.02. The standard InChI is InChI=1S/C23H29N5O2/c1-17-4-7-19(8-5-17)30-16-23(29)24-18-6-9-21-20(14-18)25-22(27(21)3)15-28-12-10-26(2)11-13-28/h4-9,14H,10-13,15-16H2,1-3H3,(H,24,29). The summed E-state index contributed by atoms with van der Waals surface area (Å²) in [7, 11) is 4.21. The molecule has 30 heavy (non-hydrogen) atoms. The largest absolute Gasteiger partial charge is 0.484 e. The number of hydrogen-bond donors (Lipinski definition) is 1. The highest BCUT2D eigenvalue weighted by Crippen LogP contribution is 2.21. The predicted molar refractivity (Wildman–Crippen MR) is 119 cm³/mol. The van der Waals surface area contributed by atoms with Crippen molar-refractivity contribution in [3.8, 4) is 5.75 Å². The number of ether oxygens (including phenoxy) is 1. The van der Waals surface area contributed by atoms with E-state index in [9.17, 15) is 4.79 Å². The third kappa shape index (κ3) is 4.80. The number of nitrogens with zero attached hydrogens (tertiary/aromatic N) is 4. The Morgan fingerprint density at radius 1 is 1.07 bits per heavy atom. The van der Waals surface area contributed by atoms with Crippen LogP contribution < -0.4 is 10.1 Å². The molecule has 2 heterocycles. The number of imidazole rings is 1. The minimum absolute atomic E-state index is 0.0298. The third-order valence-electron chi connectivity index (χ3n) is 5.61.